The molecule has 0 heterocycles. The van der Waals surface area contributed by atoms with Crippen molar-refractivity contribution in [2.75, 3.05) is 13.2 Å². The minimum atomic E-state index is -0.818. The Morgan fingerprint density at radius 1 is 1.26 bits per heavy atom. The van der Waals surface area contributed by atoms with E-state index in [1.165, 1.54) is 24.3 Å². The van der Waals surface area contributed by atoms with E-state index in [9.17, 15) is 9.18 Å². The average Bonchev–Trinajstić information content (AvgIpc) is 2.40. The third-order valence-electron chi connectivity index (χ3n) is 2.43. The van der Waals surface area contributed by atoms with Crippen molar-refractivity contribution in [3.8, 4) is 0 Å². The summed E-state index contributed by atoms with van der Waals surface area (Å²) in [5, 5.41) is 0. The molecule has 0 saturated heterocycles. The highest BCUT2D eigenvalue weighted by atomic mass is 19.1. The van der Waals surface area contributed by atoms with Gasteiger partial charge in [0.2, 0.25) is 0 Å². The first kappa shape index (κ1) is 15.4. The highest BCUT2D eigenvalue weighted by molar-refractivity contribution is 5.76. The molecule has 0 bridgehead atoms. The van der Waals surface area contributed by atoms with E-state index in [0.29, 0.717) is 12.2 Å². The summed E-state index contributed by atoms with van der Waals surface area (Å²) in [6.45, 7) is 4.34. The molecule has 104 valence electrons. The van der Waals surface area contributed by atoms with Gasteiger partial charge in [-0.1, -0.05) is 31.2 Å². The molecule has 0 aliphatic carbocycles. The van der Waals surface area contributed by atoms with Crippen LogP contribution in [0.25, 0.3) is 0 Å². The molecule has 0 spiro atoms. The van der Waals surface area contributed by atoms with Gasteiger partial charge in [-0.05, 0) is 31.0 Å². The summed E-state index contributed by atoms with van der Waals surface area (Å²) in [6.07, 6.45) is 3.88. The summed E-state index contributed by atoms with van der Waals surface area (Å²) in [5.74, 6) is -0.809. The monoisotopic (exact) mass is 266 g/mol. The first-order chi connectivity index (χ1) is 9.19. The number of esters is 1. The van der Waals surface area contributed by atoms with Crippen molar-refractivity contribution in [2.24, 2.45) is 0 Å². The van der Waals surface area contributed by atoms with Crippen molar-refractivity contribution >= 4 is 5.97 Å². The fraction of sp³-hybridized carbons (Fsp3) is 0.400. The molecule has 0 saturated carbocycles. The van der Waals surface area contributed by atoms with Crippen molar-refractivity contribution < 1.29 is 18.7 Å². The van der Waals surface area contributed by atoms with Crippen LogP contribution in [0.15, 0.2) is 36.4 Å². The lowest BCUT2D eigenvalue weighted by atomic mass is 10.1. The predicted molar refractivity (Wildman–Crippen MR) is 71.2 cm³/mol. The summed E-state index contributed by atoms with van der Waals surface area (Å²) >= 11 is 0. The van der Waals surface area contributed by atoms with Gasteiger partial charge in [0.05, 0.1) is 13.2 Å². The first-order valence-corrected chi connectivity index (χ1v) is 6.37. The van der Waals surface area contributed by atoms with Crippen LogP contribution in [0.3, 0.4) is 0 Å². The molecule has 0 amide bonds. The van der Waals surface area contributed by atoms with Crippen LogP contribution in [0.1, 0.15) is 31.9 Å². The fourth-order valence-corrected chi connectivity index (χ4v) is 1.54. The van der Waals surface area contributed by atoms with Crippen LogP contribution in [-0.2, 0) is 14.3 Å². The summed E-state index contributed by atoms with van der Waals surface area (Å²) in [6, 6.07) is 5.65. The zero-order valence-corrected chi connectivity index (χ0v) is 11.3. The third kappa shape index (κ3) is 5.22. The Kier molecular flexibility index (Phi) is 6.82. The molecule has 19 heavy (non-hydrogen) atoms. The Balaban J connectivity index is 2.76. The van der Waals surface area contributed by atoms with Crippen LogP contribution in [-0.4, -0.2) is 19.2 Å². The summed E-state index contributed by atoms with van der Waals surface area (Å²) in [4.78, 5) is 11.8. The van der Waals surface area contributed by atoms with Gasteiger partial charge < -0.3 is 9.47 Å². The van der Waals surface area contributed by atoms with Gasteiger partial charge in [-0.15, -0.1) is 0 Å². The molecular weight excluding hydrogens is 247 g/mol. The minimum Gasteiger partial charge on any atom is -0.464 e. The third-order valence-corrected chi connectivity index (χ3v) is 2.43. The molecule has 1 aromatic carbocycles. The summed E-state index contributed by atoms with van der Waals surface area (Å²) < 4.78 is 23.3. The number of hydrogen-bond donors (Lipinski definition) is 0. The standard InChI is InChI=1S/C15H19FO3/c1-3-5-6-11-19-14(15(17)18-4-2)12-7-9-13(16)10-8-12/h5-10,14H,3-4,11H2,1-2H3/b6-5+. The van der Waals surface area contributed by atoms with Gasteiger partial charge in [0.1, 0.15) is 5.82 Å². The van der Waals surface area contributed by atoms with Gasteiger partial charge >= 0.3 is 5.97 Å². The van der Waals surface area contributed by atoms with Crippen molar-refractivity contribution in [1.82, 2.24) is 0 Å². The molecule has 0 fully saturated rings. The quantitative estimate of drug-likeness (QED) is 0.560. The molecule has 1 atom stereocenters. The van der Waals surface area contributed by atoms with E-state index in [1.807, 2.05) is 19.1 Å². The Hall–Kier alpha value is -1.68. The lowest BCUT2D eigenvalue weighted by Crippen LogP contribution is -2.19. The topological polar surface area (TPSA) is 35.5 Å². The van der Waals surface area contributed by atoms with E-state index in [4.69, 9.17) is 9.47 Å². The number of ether oxygens (including phenoxy) is 2. The second-order valence-electron chi connectivity index (χ2n) is 3.90. The zero-order valence-electron chi connectivity index (χ0n) is 11.3. The van der Waals surface area contributed by atoms with E-state index in [2.05, 4.69) is 0 Å². The molecule has 0 N–H and O–H groups in total. The maximum absolute atomic E-state index is 12.9. The van der Waals surface area contributed by atoms with Crippen LogP contribution in [0.4, 0.5) is 4.39 Å². The molecule has 0 aromatic heterocycles. The molecule has 3 nitrogen and oxygen atoms in total. The summed E-state index contributed by atoms with van der Waals surface area (Å²) in [5.41, 5.74) is 0.588. The van der Waals surface area contributed by atoms with E-state index >= 15 is 0 Å². The van der Waals surface area contributed by atoms with Crippen molar-refractivity contribution in [3.05, 3.63) is 47.8 Å². The largest absolute Gasteiger partial charge is 0.464 e. The number of halogens is 1. The summed E-state index contributed by atoms with van der Waals surface area (Å²) in [7, 11) is 0. The van der Waals surface area contributed by atoms with Crippen LogP contribution in [0.5, 0.6) is 0 Å². The molecule has 0 aliphatic heterocycles. The Morgan fingerprint density at radius 3 is 2.53 bits per heavy atom. The number of benzene rings is 1. The normalized spacial score (nSPS) is 12.6. The molecule has 0 radical (unpaired) electrons. The smallest absolute Gasteiger partial charge is 0.339 e. The van der Waals surface area contributed by atoms with Gasteiger partial charge in [-0.3, -0.25) is 0 Å². The number of hydrogen-bond acceptors (Lipinski definition) is 3. The Labute approximate surface area is 113 Å². The first-order valence-electron chi connectivity index (χ1n) is 6.37. The van der Waals surface area contributed by atoms with Crippen molar-refractivity contribution in [1.29, 1.82) is 0 Å². The van der Waals surface area contributed by atoms with E-state index in [-0.39, 0.29) is 12.4 Å². The predicted octanol–water partition coefficient (Wildman–Crippen LogP) is 3.41. The second-order valence-corrected chi connectivity index (χ2v) is 3.90. The van der Waals surface area contributed by atoms with Gasteiger partial charge in [0, 0.05) is 0 Å². The van der Waals surface area contributed by atoms with Gasteiger partial charge in [0.15, 0.2) is 6.10 Å². The Bertz CT molecular complexity index is 412. The Morgan fingerprint density at radius 2 is 1.95 bits per heavy atom. The van der Waals surface area contributed by atoms with Crippen LogP contribution < -0.4 is 0 Å². The fourth-order valence-electron chi connectivity index (χ4n) is 1.54. The second kappa shape index (κ2) is 8.43. The maximum atomic E-state index is 12.9. The molecule has 1 aromatic rings. The van der Waals surface area contributed by atoms with Crippen molar-refractivity contribution in [2.45, 2.75) is 26.4 Å². The molecule has 1 unspecified atom stereocenters. The lowest BCUT2D eigenvalue weighted by Gasteiger charge is -2.15. The number of carbonyl (C=O) groups is 1. The molecule has 0 aliphatic rings. The van der Waals surface area contributed by atoms with Gasteiger partial charge in [-0.25, -0.2) is 9.18 Å². The number of allylic oxidation sites excluding steroid dienone is 1. The molecule has 1 rings (SSSR count). The molecule has 4 heteroatoms. The van der Waals surface area contributed by atoms with E-state index in [0.717, 1.165) is 6.42 Å². The highest BCUT2D eigenvalue weighted by Gasteiger charge is 2.22. The van der Waals surface area contributed by atoms with E-state index in [1.54, 1.807) is 6.92 Å². The average molecular weight is 266 g/mol. The van der Waals surface area contributed by atoms with Crippen molar-refractivity contribution in [3.63, 3.8) is 0 Å². The maximum Gasteiger partial charge on any atom is 0.339 e. The lowest BCUT2D eigenvalue weighted by molar-refractivity contribution is -0.156. The highest BCUT2D eigenvalue weighted by Crippen LogP contribution is 2.19. The van der Waals surface area contributed by atoms with E-state index < -0.39 is 12.1 Å². The minimum absolute atomic E-state index is 0.282. The number of carbonyl (C=O) groups excluding carboxylic acids is 1. The number of rotatable bonds is 7. The van der Waals surface area contributed by atoms with Crippen LogP contribution in [0.2, 0.25) is 0 Å². The van der Waals surface area contributed by atoms with Gasteiger partial charge in [0.25, 0.3) is 0 Å². The van der Waals surface area contributed by atoms with Crippen LogP contribution >= 0.6 is 0 Å². The van der Waals surface area contributed by atoms with Crippen LogP contribution in [0, 0.1) is 5.82 Å². The SMILES string of the molecule is CC/C=C/COC(C(=O)OCC)c1ccc(F)cc1. The zero-order chi connectivity index (χ0) is 14.1. The molecular formula is C15H19FO3. The van der Waals surface area contributed by atoms with Gasteiger partial charge in [-0.2, -0.15) is 0 Å².